The van der Waals surface area contributed by atoms with Gasteiger partial charge < -0.3 is 4.43 Å². The van der Waals surface area contributed by atoms with Crippen molar-refractivity contribution in [2.45, 2.75) is 38.9 Å². The number of allylic oxidation sites excluding steroid dienone is 5. The van der Waals surface area contributed by atoms with Gasteiger partial charge in [0.05, 0.1) is 6.61 Å². The predicted octanol–water partition coefficient (Wildman–Crippen LogP) is 6.62. The second-order valence-corrected chi connectivity index (χ2v) is 10.9. The van der Waals surface area contributed by atoms with Gasteiger partial charge in [-0.3, -0.25) is 0 Å². The molecule has 0 atom stereocenters. The third-order valence-corrected chi connectivity index (χ3v) is 7.62. The van der Waals surface area contributed by atoms with Crippen molar-refractivity contribution in [3.8, 4) is 0 Å². The van der Waals surface area contributed by atoms with E-state index < -0.39 is 8.32 Å². The van der Waals surface area contributed by atoms with Gasteiger partial charge in [-0.05, 0) is 45.0 Å². The molecule has 116 valence electrons. The lowest BCUT2D eigenvalue weighted by Gasteiger charge is -2.29. The van der Waals surface area contributed by atoms with Crippen LogP contribution in [-0.4, -0.2) is 20.8 Å². The molecular weight excluding hydrogens is 354 g/mol. The Labute approximate surface area is 143 Å². The molecule has 0 heterocycles. The van der Waals surface area contributed by atoms with Gasteiger partial charge in [-0.2, -0.15) is 0 Å². The van der Waals surface area contributed by atoms with E-state index in [1.165, 1.54) is 0 Å². The Morgan fingerprint density at radius 2 is 1.35 bits per heavy atom. The maximum absolute atomic E-state index is 6.17. The van der Waals surface area contributed by atoms with Crippen LogP contribution >= 0.6 is 46.4 Å². The number of alkyl halides is 1. The van der Waals surface area contributed by atoms with Crippen LogP contribution in [0.2, 0.25) is 18.1 Å². The molecule has 0 aliphatic rings. The molecule has 20 heavy (non-hydrogen) atoms. The highest BCUT2D eigenvalue weighted by Gasteiger charge is 2.32. The Hall–Kier alpha value is 0.557. The molecule has 0 amide bonds. The molecule has 0 spiro atoms. The van der Waals surface area contributed by atoms with E-state index >= 15 is 0 Å². The van der Waals surface area contributed by atoms with E-state index in [0.29, 0.717) is 12.5 Å². The SMILES string of the molecule is CC(Cl)=CCO[Si](CC=C(C)Cl)(CC=C(C)Cl)CCCl. The lowest BCUT2D eigenvalue weighted by Crippen LogP contribution is -2.38. The Kier molecular flexibility index (Phi) is 11.5. The van der Waals surface area contributed by atoms with Crippen LogP contribution in [0.25, 0.3) is 0 Å². The van der Waals surface area contributed by atoms with Crippen LogP contribution in [-0.2, 0) is 4.43 Å². The lowest BCUT2D eigenvalue weighted by atomic mass is 10.5. The number of hydrogen-bond acceptors (Lipinski definition) is 1. The zero-order valence-electron chi connectivity index (χ0n) is 12.2. The minimum atomic E-state index is -2.04. The van der Waals surface area contributed by atoms with Gasteiger partial charge in [0.15, 0.2) is 0 Å². The molecule has 0 rings (SSSR count). The molecular formula is C14H22Cl4OSi. The third-order valence-electron chi connectivity index (χ3n) is 2.81. The van der Waals surface area contributed by atoms with E-state index in [-0.39, 0.29) is 0 Å². The zero-order valence-corrected chi connectivity index (χ0v) is 16.2. The van der Waals surface area contributed by atoms with Gasteiger partial charge in [-0.15, -0.1) is 11.6 Å². The average molecular weight is 376 g/mol. The largest absolute Gasteiger partial charge is 0.412 e. The monoisotopic (exact) mass is 374 g/mol. The van der Waals surface area contributed by atoms with Crippen LogP contribution in [0, 0.1) is 0 Å². The summed E-state index contributed by atoms with van der Waals surface area (Å²) in [5.41, 5.74) is 0. The molecule has 0 N–H and O–H groups in total. The standard InChI is InChI=1S/C14H22Cl4OSi/c1-12(16)4-8-19-20(11-7-15,9-5-13(2)17)10-6-14(3)18/h4-6H,7-11H2,1-3H3. The first-order valence-electron chi connectivity index (χ1n) is 6.48. The Bertz CT molecular complexity index is 345. The Morgan fingerprint density at radius 3 is 1.70 bits per heavy atom. The summed E-state index contributed by atoms with van der Waals surface area (Å²) < 4.78 is 6.17. The maximum Gasteiger partial charge on any atom is 0.201 e. The molecule has 0 aromatic carbocycles. The molecule has 0 aromatic heterocycles. The lowest BCUT2D eigenvalue weighted by molar-refractivity contribution is 0.346. The van der Waals surface area contributed by atoms with Crippen molar-refractivity contribution in [3.05, 3.63) is 33.3 Å². The fourth-order valence-electron chi connectivity index (χ4n) is 1.64. The van der Waals surface area contributed by atoms with Crippen molar-refractivity contribution in [1.29, 1.82) is 0 Å². The molecule has 0 unspecified atom stereocenters. The summed E-state index contributed by atoms with van der Waals surface area (Å²) in [7, 11) is -2.04. The molecule has 0 saturated carbocycles. The first-order valence-corrected chi connectivity index (χ1v) is 10.7. The summed E-state index contributed by atoms with van der Waals surface area (Å²) in [6.45, 7) is 6.07. The molecule has 0 aromatic rings. The maximum atomic E-state index is 6.17. The Balaban J connectivity index is 5.03. The molecule has 0 aliphatic carbocycles. The van der Waals surface area contributed by atoms with Crippen molar-refractivity contribution in [1.82, 2.24) is 0 Å². The molecule has 0 aliphatic heterocycles. The zero-order chi connectivity index (χ0) is 15.6. The molecule has 0 radical (unpaired) electrons. The van der Waals surface area contributed by atoms with Gasteiger partial charge in [0, 0.05) is 21.0 Å². The van der Waals surface area contributed by atoms with E-state index in [9.17, 15) is 0 Å². The second-order valence-electron chi connectivity index (χ2n) is 4.71. The number of rotatable bonds is 9. The molecule has 6 heteroatoms. The van der Waals surface area contributed by atoms with Gasteiger partial charge in [0.1, 0.15) is 0 Å². The van der Waals surface area contributed by atoms with E-state index in [1.54, 1.807) is 0 Å². The van der Waals surface area contributed by atoms with Crippen LogP contribution in [0.1, 0.15) is 20.8 Å². The highest BCUT2D eigenvalue weighted by Crippen LogP contribution is 2.27. The highest BCUT2D eigenvalue weighted by molar-refractivity contribution is 6.75. The van der Waals surface area contributed by atoms with Crippen LogP contribution in [0.15, 0.2) is 33.3 Å². The summed E-state index contributed by atoms with van der Waals surface area (Å²) in [5, 5.41) is 2.28. The summed E-state index contributed by atoms with van der Waals surface area (Å²) in [6.07, 6.45) is 5.88. The number of hydrogen-bond donors (Lipinski definition) is 0. The van der Waals surface area contributed by atoms with Gasteiger partial charge in [0.25, 0.3) is 0 Å². The van der Waals surface area contributed by atoms with Crippen molar-refractivity contribution in [2.24, 2.45) is 0 Å². The average Bonchev–Trinajstić information content (AvgIpc) is 2.33. The van der Waals surface area contributed by atoms with Crippen LogP contribution in [0.5, 0.6) is 0 Å². The summed E-state index contributed by atoms with van der Waals surface area (Å²) in [5.74, 6) is 0.570. The fraction of sp³-hybridized carbons (Fsp3) is 0.571. The molecule has 1 nitrogen and oxygen atoms in total. The van der Waals surface area contributed by atoms with E-state index in [1.807, 2.05) is 39.0 Å². The van der Waals surface area contributed by atoms with Crippen LogP contribution in [0.4, 0.5) is 0 Å². The second kappa shape index (κ2) is 11.2. The molecule has 0 fully saturated rings. The minimum absolute atomic E-state index is 0.503. The van der Waals surface area contributed by atoms with Gasteiger partial charge in [0.2, 0.25) is 8.32 Å². The molecule has 0 saturated heterocycles. The van der Waals surface area contributed by atoms with E-state index in [0.717, 1.165) is 33.2 Å². The normalized spacial score (nSPS) is 17.2. The summed E-state index contributed by atoms with van der Waals surface area (Å²) in [4.78, 5) is 0. The van der Waals surface area contributed by atoms with E-state index in [2.05, 4.69) is 0 Å². The minimum Gasteiger partial charge on any atom is -0.412 e. The fourth-order valence-corrected chi connectivity index (χ4v) is 6.24. The number of halogens is 4. The molecule has 0 bridgehead atoms. The summed E-state index contributed by atoms with van der Waals surface area (Å²) in [6, 6.07) is 2.50. The van der Waals surface area contributed by atoms with Gasteiger partial charge >= 0.3 is 0 Å². The topological polar surface area (TPSA) is 9.23 Å². The van der Waals surface area contributed by atoms with Gasteiger partial charge in [-0.25, -0.2) is 0 Å². The first-order chi connectivity index (χ1) is 9.31. The van der Waals surface area contributed by atoms with Crippen molar-refractivity contribution >= 4 is 54.7 Å². The van der Waals surface area contributed by atoms with E-state index in [4.69, 9.17) is 50.8 Å². The smallest absolute Gasteiger partial charge is 0.201 e. The predicted molar refractivity (Wildman–Crippen MR) is 95.7 cm³/mol. The van der Waals surface area contributed by atoms with Crippen LogP contribution < -0.4 is 0 Å². The summed E-state index contributed by atoms with van der Waals surface area (Å²) >= 11 is 23.7. The highest BCUT2D eigenvalue weighted by atomic mass is 35.5. The van der Waals surface area contributed by atoms with Crippen molar-refractivity contribution < 1.29 is 4.43 Å². The van der Waals surface area contributed by atoms with Crippen molar-refractivity contribution in [2.75, 3.05) is 12.5 Å². The first kappa shape index (κ1) is 20.6. The van der Waals surface area contributed by atoms with Crippen LogP contribution in [0.3, 0.4) is 0 Å². The van der Waals surface area contributed by atoms with Crippen molar-refractivity contribution in [3.63, 3.8) is 0 Å². The Morgan fingerprint density at radius 1 is 0.900 bits per heavy atom. The quantitative estimate of drug-likeness (QED) is 0.325. The third kappa shape index (κ3) is 10.3. The van der Waals surface area contributed by atoms with Gasteiger partial charge in [-0.1, -0.05) is 47.0 Å².